The molecule has 0 aliphatic rings. The van der Waals surface area contributed by atoms with Crippen LogP contribution in [0.5, 0.6) is 0 Å². The van der Waals surface area contributed by atoms with Gasteiger partial charge in [-0.25, -0.2) is 9.18 Å². The second-order valence-corrected chi connectivity index (χ2v) is 6.96. The molecular weight excluding hydrogens is 371 g/mol. The molecule has 2 aromatic carbocycles. The van der Waals surface area contributed by atoms with Crippen LogP contribution in [-0.4, -0.2) is 14.0 Å². The third-order valence-corrected chi connectivity index (χ3v) is 4.80. The van der Waals surface area contributed by atoms with Crippen LogP contribution in [0.3, 0.4) is 0 Å². The fourth-order valence-electron chi connectivity index (χ4n) is 3.16. The van der Waals surface area contributed by atoms with E-state index in [1.165, 1.54) is 29.8 Å². The highest BCUT2D eigenvalue weighted by molar-refractivity contribution is 5.31. The molecule has 0 radical (unpaired) electrons. The number of hydrogen-bond acceptors (Lipinski definition) is 4. The lowest BCUT2D eigenvalue weighted by atomic mass is 10.1. The lowest BCUT2D eigenvalue weighted by Gasteiger charge is -2.24. The van der Waals surface area contributed by atoms with Crippen molar-refractivity contribution in [3.63, 3.8) is 0 Å². The number of halogens is 1. The number of aromatic nitrogens is 2. The third-order valence-electron chi connectivity index (χ3n) is 4.80. The molecule has 0 fully saturated rings. The van der Waals surface area contributed by atoms with E-state index in [0.29, 0.717) is 30.9 Å². The molecule has 0 N–H and O–H groups in total. The number of nitrogens with zero attached hydrogens (tertiary/aromatic N) is 4. The van der Waals surface area contributed by atoms with E-state index in [0.717, 1.165) is 15.7 Å². The minimum atomic E-state index is -0.392. The van der Waals surface area contributed by atoms with Crippen LogP contribution in [0.15, 0.2) is 64.2 Å². The topological polar surface area (TPSA) is 71.0 Å². The van der Waals surface area contributed by atoms with Gasteiger partial charge in [0.25, 0.3) is 5.56 Å². The minimum Gasteiger partial charge on any atom is -0.299 e. The lowest BCUT2D eigenvalue weighted by molar-refractivity contribution is 0.240. The standard InChI is InChI=1S/C22H21FN4O2/c1-25-20(11-21(28)26(2)22(25)29)15-27(14-18-4-3-5-19(23)10-18)13-17-8-6-16(12-24)7-9-17/h3-11H,13-15H2,1-2H3. The van der Waals surface area contributed by atoms with Crippen LogP contribution >= 0.6 is 0 Å². The van der Waals surface area contributed by atoms with Crippen LogP contribution in [0.1, 0.15) is 22.4 Å². The van der Waals surface area contributed by atoms with Gasteiger partial charge in [-0.05, 0) is 35.4 Å². The van der Waals surface area contributed by atoms with Crippen molar-refractivity contribution in [3.05, 3.63) is 104 Å². The Labute approximate surface area is 167 Å². The molecule has 0 saturated carbocycles. The van der Waals surface area contributed by atoms with Crippen molar-refractivity contribution in [2.45, 2.75) is 19.6 Å². The number of hydrogen-bond donors (Lipinski definition) is 0. The maximum atomic E-state index is 13.6. The Morgan fingerprint density at radius 1 is 0.931 bits per heavy atom. The Hall–Kier alpha value is -3.50. The molecule has 3 rings (SSSR count). The summed E-state index contributed by atoms with van der Waals surface area (Å²) in [6.45, 7) is 1.27. The zero-order valence-electron chi connectivity index (χ0n) is 16.3. The first kappa shape index (κ1) is 20.2. The summed E-state index contributed by atoms with van der Waals surface area (Å²) < 4.78 is 16.1. The molecule has 0 amide bonds. The normalized spacial score (nSPS) is 10.9. The molecule has 6 nitrogen and oxygen atoms in total. The maximum Gasteiger partial charge on any atom is 0.330 e. The molecule has 0 aliphatic carbocycles. The largest absolute Gasteiger partial charge is 0.330 e. The second kappa shape index (κ2) is 8.67. The van der Waals surface area contributed by atoms with Crippen molar-refractivity contribution in [2.24, 2.45) is 14.1 Å². The van der Waals surface area contributed by atoms with Gasteiger partial charge in [0.05, 0.1) is 11.6 Å². The Balaban J connectivity index is 1.92. The molecule has 29 heavy (non-hydrogen) atoms. The highest BCUT2D eigenvalue weighted by Crippen LogP contribution is 2.14. The van der Waals surface area contributed by atoms with Gasteiger partial charge in [-0.15, -0.1) is 0 Å². The van der Waals surface area contributed by atoms with Crippen molar-refractivity contribution in [2.75, 3.05) is 0 Å². The van der Waals surface area contributed by atoms with Gasteiger partial charge in [0.1, 0.15) is 5.82 Å². The Kier molecular flexibility index (Phi) is 6.05. The molecule has 148 valence electrons. The molecular formula is C22H21FN4O2. The predicted molar refractivity (Wildman–Crippen MR) is 107 cm³/mol. The van der Waals surface area contributed by atoms with Gasteiger partial charge < -0.3 is 0 Å². The van der Waals surface area contributed by atoms with Crippen LogP contribution in [0.25, 0.3) is 0 Å². The van der Waals surface area contributed by atoms with E-state index >= 15 is 0 Å². The molecule has 0 spiro atoms. The van der Waals surface area contributed by atoms with Crippen molar-refractivity contribution in [3.8, 4) is 6.07 Å². The fourth-order valence-corrected chi connectivity index (χ4v) is 3.16. The number of rotatable bonds is 6. The molecule has 0 aliphatic heterocycles. The second-order valence-electron chi connectivity index (χ2n) is 6.96. The van der Waals surface area contributed by atoms with Gasteiger partial charge in [-0.2, -0.15) is 5.26 Å². The van der Waals surface area contributed by atoms with Gasteiger partial charge in [-0.1, -0.05) is 24.3 Å². The van der Waals surface area contributed by atoms with Gasteiger partial charge in [0.2, 0.25) is 0 Å². The molecule has 0 bridgehead atoms. The summed E-state index contributed by atoms with van der Waals surface area (Å²) in [6, 6.07) is 17.1. The maximum absolute atomic E-state index is 13.6. The summed E-state index contributed by atoms with van der Waals surface area (Å²) in [7, 11) is 3.06. The van der Waals surface area contributed by atoms with Crippen molar-refractivity contribution < 1.29 is 4.39 Å². The van der Waals surface area contributed by atoms with Crippen molar-refractivity contribution >= 4 is 0 Å². The summed E-state index contributed by atoms with van der Waals surface area (Å²) in [5.74, 6) is -0.318. The SMILES string of the molecule is Cn1c(CN(Cc2ccc(C#N)cc2)Cc2cccc(F)c2)cc(=O)n(C)c1=O. The molecule has 0 atom stereocenters. The van der Waals surface area contributed by atoms with Gasteiger partial charge >= 0.3 is 5.69 Å². The van der Waals surface area contributed by atoms with Crippen LogP contribution in [0.4, 0.5) is 4.39 Å². The van der Waals surface area contributed by atoms with Crippen molar-refractivity contribution in [1.29, 1.82) is 5.26 Å². The Bertz CT molecular complexity index is 1170. The smallest absolute Gasteiger partial charge is 0.299 e. The zero-order valence-corrected chi connectivity index (χ0v) is 16.3. The Morgan fingerprint density at radius 3 is 2.28 bits per heavy atom. The van der Waals surface area contributed by atoms with E-state index in [-0.39, 0.29) is 11.4 Å². The summed E-state index contributed by atoms with van der Waals surface area (Å²) in [5.41, 5.74) is 2.13. The predicted octanol–water partition coefficient (Wildman–Crippen LogP) is 2.30. The first-order valence-electron chi connectivity index (χ1n) is 9.09. The van der Waals surface area contributed by atoms with Crippen LogP contribution in [0.2, 0.25) is 0 Å². The molecule has 1 heterocycles. The van der Waals surface area contributed by atoms with E-state index in [4.69, 9.17) is 5.26 Å². The zero-order chi connectivity index (χ0) is 21.0. The average molecular weight is 392 g/mol. The monoisotopic (exact) mass is 392 g/mol. The third kappa shape index (κ3) is 4.86. The first-order valence-corrected chi connectivity index (χ1v) is 9.09. The van der Waals surface area contributed by atoms with E-state index < -0.39 is 5.69 Å². The summed E-state index contributed by atoms with van der Waals surface area (Å²) in [5, 5.41) is 8.97. The van der Waals surface area contributed by atoms with Crippen molar-refractivity contribution in [1.82, 2.24) is 14.0 Å². The van der Waals surface area contributed by atoms with Gasteiger partial charge in [-0.3, -0.25) is 18.8 Å². The molecule has 0 saturated heterocycles. The van der Waals surface area contributed by atoms with E-state index in [1.54, 1.807) is 25.2 Å². The quantitative estimate of drug-likeness (QED) is 0.645. The average Bonchev–Trinajstić information content (AvgIpc) is 2.71. The molecule has 0 unspecified atom stereocenters. The Morgan fingerprint density at radius 2 is 1.62 bits per heavy atom. The molecule has 3 aromatic rings. The number of nitriles is 1. The van der Waals surface area contributed by atoms with Crippen LogP contribution in [0, 0.1) is 17.1 Å². The van der Waals surface area contributed by atoms with Crippen LogP contribution in [-0.2, 0) is 33.7 Å². The molecule has 7 heteroatoms. The highest BCUT2D eigenvalue weighted by Gasteiger charge is 2.13. The van der Waals surface area contributed by atoms with E-state index in [1.807, 2.05) is 23.1 Å². The first-order chi connectivity index (χ1) is 13.9. The highest BCUT2D eigenvalue weighted by atomic mass is 19.1. The fraction of sp³-hybridized carbons (Fsp3) is 0.227. The minimum absolute atomic E-state index is 0.318. The summed E-state index contributed by atoms with van der Waals surface area (Å²) in [4.78, 5) is 26.3. The van der Waals surface area contributed by atoms with Gasteiger partial charge in [0.15, 0.2) is 0 Å². The summed E-state index contributed by atoms with van der Waals surface area (Å²) in [6.07, 6.45) is 0. The van der Waals surface area contributed by atoms with Gasteiger partial charge in [0, 0.05) is 45.5 Å². The summed E-state index contributed by atoms with van der Waals surface area (Å²) >= 11 is 0. The van der Waals surface area contributed by atoms with Crippen LogP contribution < -0.4 is 11.2 Å². The van der Waals surface area contributed by atoms with E-state index in [2.05, 4.69) is 6.07 Å². The molecule has 1 aromatic heterocycles. The number of benzene rings is 2. The lowest BCUT2D eigenvalue weighted by Crippen LogP contribution is -2.39. The van der Waals surface area contributed by atoms with E-state index in [9.17, 15) is 14.0 Å².